The van der Waals surface area contributed by atoms with Gasteiger partial charge in [-0.05, 0) is 18.8 Å². The van der Waals surface area contributed by atoms with Crippen LogP contribution in [0, 0.1) is 5.92 Å². The van der Waals surface area contributed by atoms with Crippen molar-refractivity contribution < 1.29 is 4.79 Å². The van der Waals surface area contributed by atoms with Crippen LogP contribution in [0.15, 0.2) is 6.20 Å². The van der Waals surface area contributed by atoms with E-state index in [1.165, 1.54) is 19.0 Å². The molecule has 1 aliphatic rings. The lowest BCUT2D eigenvalue weighted by Crippen LogP contribution is -2.44. The van der Waals surface area contributed by atoms with Crippen molar-refractivity contribution in [1.82, 2.24) is 14.1 Å². The number of carbonyl (C=O) groups is 1. The van der Waals surface area contributed by atoms with Crippen LogP contribution in [0.4, 0.5) is 0 Å². The first-order chi connectivity index (χ1) is 7.81. The fourth-order valence-corrected chi connectivity index (χ4v) is 2.65. The third-order valence-electron chi connectivity index (χ3n) is 3.13. The highest BCUT2D eigenvalue weighted by molar-refractivity contribution is 6.99. The summed E-state index contributed by atoms with van der Waals surface area (Å²) in [4.78, 5) is 11.8. The average Bonchev–Trinajstić information content (AvgIpc) is 2.96. The number of hydrogen-bond acceptors (Lipinski definition) is 5. The first-order valence-corrected chi connectivity index (χ1v) is 6.33. The van der Waals surface area contributed by atoms with Gasteiger partial charge < -0.3 is 11.1 Å². The average molecular weight is 240 g/mol. The van der Waals surface area contributed by atoms with Crippen LogP contribution in [0.2, 0.25) is 0 Å². The van der Waals surface area contributed by atoms with Crippen LogP contribution in [0.5, 0.6) is 0 Å². The van der Waals surface area contributed by atoms with E-state index in [-0.39, 0.29) is 11.9 Å². The molecule has 0 bridgehead atoms. The molecule has 5 nitrogen and oxygen atoms in total. The zero-order chi connectivity index (χ0) is 11.4. The van der Waals surface area contributed by atoms with Gasteiger partial charge in [-0.25, -0.2) is 0 Å². The van der Waals surface area contributed by atoms with Crippen molar-refractivity contribution in [2.45, 2.75) is 31.7 Å². The Morgan fingerprint density at radius 2 is 2.38 bits per heavy atom. The molecule has 2 rings (SSSR count). The largest absolute Gasteiger partial charge is 0.346 e. The third kappa shape index (κ3) is 2.56. The Kier molecular flexibility index (Phi) is 3.84. The van der Waals surface area contributed by atoms with Crippen molar-refractivity contribution in [1.29, 1.82) is 0 Å². The summed E-state index contributed by atoms with van der Waals surface area (Å²) >= 11 is 1.04. The molecule has 0 spiro atoms. The summed E-state index contributed by atoms with van der Waals surface area (Å²) in [6.45, 7) is 0.494. The van der Waals surface area contributed by atoms with Crippen LogP contribution in [0.25, 0.3) is 0 Å². The summed E-state index contributed by atoms with van der Waals surface area (Å²) in [5.74, 6) is 0.372. The maximum Gasteiger partial charge on any atom is 0.272 e. The second kappa shape index (κ2) is 5.36. The third-order valence-corrected chi connectivity index (χ3v) is 3.61. The molecule has 88 valence electrons. The van der Waals surface area contributed by atoms with Crippen molar-refractivity contribution in [2.75, 3.05) is 6.54 Å². The summed E-state index contributed by atoms with van der Waals surface area (Å²) in [5, 5.41) is 2.95. The smallest absolute Gasteiger partial charge is 0.272 e. The maximum atomic E-state index is 11.8. The molecule has 1 aliphatic carbocycles. The van der Waals surface area contributed by atoms with Gasteiger partial charge in [0, 0.05) is 12.6 Å². The van der Waals surface area contributed by atoms with Crippen LogP contribution < -0.4 is 11.1 Å². The Balaban J connectivity index is 1.93. The molecule has 1 heterocycles. The quantitative estimate of drug-likeness (QED) is 0.815. The van der Waals surface area contributed by atoms with E-state index in [0.717, 1.165) is 24.6 Å². The molecule has 0 aromatic carbocycles. The monoisotopic (exact) mass is 240 g/mol. The number of rotatable bonds is 4. The van der Waals surface area contributed by atoms with Crippen molar-refractivity contribution in [2.24, 2.45) is 11.7 Å². The highest BCUT2D eigenvalue weighted by atomic mass is 32.1. The summed E-state index contributed by atoms with van der Waals surface area (Å²) < 4.78 is 7.72. The topological polar surface area (TPSA) is 80.9 Å². The van der Waals surface area contributed by atoms with E-state index in [1.54, 1.807) is 0 Å². The molecule has 3 N–H and O–H groups in total. The molecule has 1 atom stereocenters. The second-order valence-corrected chi connectivity index (χ2v) is 4.71. The van der Waals surface area contributed by atoms with Gasteiger partial charge in [-0.15, -0.1) is 0 Å². The number of nitrogens with zero attached hydrogens (tertiary/aromatic N) is 2. The molecule has 6 heteroatoms. The minimum Gasteiger partial charge on any atom is -0.346 e. The lowest BCUT2D eigenvalue weighted by molar-refractivity contribution is 0.0920. The predicted molar refractivity (Wildman–Crippen MR) is 62.2 cm³/mol. The van der Waals surface area contributed by atoms with Crippen LogP contribution in [0.1, 0.15) is 36.2 Å². The number of aromatic nitrogens is 2. The minimum atomic E-state index is -0.156. The van der Waals surface area contributed by atoms with Gasteiger partial charge in [0.1, 0.15) is 0 Å². The second-order valence-electron chi connectivity index (χ2n) is 4.15. The molecule has 0 aliphatic heterocycles. The molecular weight excluding hydrogens is 224 g/mol. The molecule has 1 aromatic heterocycles. The van der Waals surface area contributed by atoms with Crippen LogP contribution in [0.3, 0.4) is 0 Å². The number of hydrogen-bond donors (Lipinski definition) is 2. The zero-order valence-electron chi connectivity index (χ0n) is 9.06. The predicted octanol–water partition coefficient (Wildman–Crippen LogP) is 0.785. The number of nitrogens with one attached hydrogen (secondary N) is 1. The van der Waals surface area contributed by atoms with Gasteiger partial charge in [-0.3, -0.25) is 4.79 Å². The van der Waals surface area contributed by atoms with E-state index in [9.17, 15) is 4.79 Å². The van der Waals surface area contributed by atoms with E-state index in [0.29, 0.717) is 18.2 Å². The summed E-state index contributed by atoms with van der Waals surface area (Å²) in [7, 11) is 0. The maximum absolute atomic E-state index is 11.8. The fraction of sp³-hybridized carbons (Fsp3) is 0.700. The van der Waals surface area contributed by atoms with E-state index in [4.69, 9.17) is 5.73 Å². The number of amides is 1. The van der Waals surface area contributed by atoms with E-state index >= 15 is 0 Å². The highest BCUT2D eigenvalue weighted by Crippen LogP contribution is 2.27. The van der Waals surface area contributed by atoms with Crippen LogP contribution in [-0.2, 0) is 0 Å². The fourth-order valence-electron chi connectivity index (χ4n) is 2.24. The van der Waals surface area contributed by atoms with Gasteiger partial charge in [0.25, 0.3) is 5.91 Å². The Morgan fingerprint density at radius 1 is 1.62 bits per heavy atom. The van der Waals surface area contributed by atoms with Crippen LogP contribution >= 0.6 is 11.7 Å². The molecule has 1 unspecified atom stereocenters. The number of nitrogens with two attached hydrogens (primary N) is 1. The molecule has 1 fully saturated rings. The Bertz CT molecular complexity index is 335. The van der Waals surface area contributed by atoms with E-state index < -0.39 is 0 Å². The van der Waals surface area contributed by atoms with Gasteiger partial charge in [0.2, 0.25) is 0 Å². The van der Waals surface area contributed by atoms with Crippen molar-refractivity contribution in [3.05, 3.63) is 11.9 Å². The Labute approximate surface area is 98.8 Å². The van der Waals surface area contributed by atoms with Crippen LogP contribution in [-0.4, -0.2) is 27.2 Å². The molecule has 16 heavy (non-hydrogen) atoms. The molecule has 1 aromatic rings. The Morgan fingerprint density at radius 3 is 2.94 bits per heavy atom. The molecule has 1 saturated carbocycles. The minimum absolute atomic E-state index is 0.0803. The highest BCUT2D eigenvalue weighted by Gasteiger charge is 2.25. The van der Waals surface area contributed by atoms with E-state index in [2.05, 4.69) is 14.1 Å². The van der Waals surface area contributed by atoms with E-state index in [1.807, 2.05) is 0 Å². The number of carbonyl (C=O) groups excluding carboxylic acids is 1. The van der Waals surface area contributed by atoms with Gasteiger partial charge >= 0.3 is 0 Å². The SMILES string of the molecule is NCC(NC(=O)c1cnsn1)C1CCCC1. The summed E-state index contributed by atoms with van der Waals surface area (Å²) in [6, 6.07) is 0.0803. The zero-order valence-corrected chi connectivity index (χ0v) is 9.87. The van der Waals surface area contributed by atoms with Gasteiger partial charge in [-0.2, -0.15) is 8.75 Å². The first kappa shape index (κ1) is 11.5. The summed E-state index contributed by atoms with van der Waals surface area (Å²) in [5.41, 5.74) is 6.10. The first-order valence-electron chi connectivity index (χ1n) is 5.59. The van der Waals surface area contributed by atoms with Gasteiger partial charge in [0.15, 0.2) is 5.69 Å². The lowest BCUT2D eigenvalue weighted by Gasteiger charge is -2.22. The van der Waals surface area contributed by atoms with Crippen molar-refractivity contribution in [3.8, 4) is 0 Å². The standard InChI is InChI=1S/C10H16N4OS/c11-5-8(7-3-1-2-4-7)13-10(15)9-6-12-16-14-9/h6-8H,1-5,11H2,(H,13,15). The van der Waals surface area contributed by atoms with Gasteiger partial charge in [-0.1, -0.05) is 12.8 Å². The normalized spacial score (nSPS) is 18.6. The molecule has 0 saturated heterocycles. The summed E-state index contributed by atoms with van der Waals surface area (Å²) in [6.07, 6.45) is 6.31. The molecule has 0 radical (unpaired) electrons. The van der Waals surface area contributed by atoms with Crippen molar-refractivity contribution in [3.63, 3.8) is 0 Å². The molecule has 1 amide bonds. The lowest BCUT2D eigenvalue weighted by atomic mass is 9.98. The van der Waals surface area contributed by atoms with Gasteiger partial charge in [0.05, 0.1) is 17.9 Å². The van der Waals surface area contributed by atoms with Crippen molar-refractivity contribution >= 4 is 17.6 Å². The Hall–Kier alpha value is -1.01. The molecular formula is C10H16N4OS.